The van der Waals surface area contributed by atoms with Crippen LogP contribution in [0, 0.1) is 5.92 Å². The van der Waals surface area contributed by atoms with Crippen molar-refractivity contribution in [2.45, 2.75) is 57.1 Å². The maximum atomic E-state index is 13.5. The molecular weight excluding hydrogens is 352 g/mol. The number of alkyl halides is 8. The van der Waals surface area contributed by atoms with Crippen molar-refractivity contribution in [2.24, 2.45) is 5.92 Å². The number of aliphatic hydroxyl groups excluding tert-OH is 1. The van der Waals surface area contributed by atoms with Crippen LogP contribution in [0.25, 0.3) is 0 Å². The Morgan fingerprint density at radius 1 is 1.25 bits per heavy atom. The first-order chi connectivity index (χ1) is 10.7. The van der Waals surface area contributed by atoms with Gasteiger partial charge in [0, 0.05) is 24.2 Å². The highest BCUT2D eigenvalue weighted by atomic mass is 19.4. The van der Waals surface area contributed by atoms with Gasteiger partial charge in [0.05, 0.1) is 5.92 Å². The van der Waals surface area contributed by atoms with Crippen LogP contribution in [-0.4, -0.2) is 27.0 Å². The van der Waals surface area contributed by atoms with E-state index in [2.05, 4.69) is 5.10 Å². The lowest BCUT2D eigenvalue weighted by Gasteiger charge is -2.28. The van der Waals surface area contributed by atoms with Crippen LogP contribution in [0.3, 0.4) is 0 Å². The zero-order valence-corrected chi connectivity index (χ0v) is 12.3. The van der Waals surface area contributed by atoms with Crippen LogP contribution in [0.15, 0.2) is 0 Å². The van der Waals surface area contributed by atoms with Crippen LogP contribution in [-0.2, 0) is 19.1 Å². The Labute approximate surface area is 131 Å². The second-order valence-corrected chi connectivity index (χ2v) is 5.82. The number of rotatable bonds is 3. The van der Waals surface area contributed by atoms with Gasteiger partial charge >= 0.3 is 12.4 Å². The molecule has 2 rings (SSSR count). The van der Waals surface area contributed by atoms with Gasteiger partial charge in [0.15, 0.2) is 5.69 Å². The Bertz CT molecular complexity index is 604. The summed E-state index contributed by atoms with van der Waals surface area (Å²) in [6.45, 7) is 0.348. The summed E-state index contributed by atoms with van der Waals surface area (Å²) >= 11 is 0. The fourth-order valence-electron chi connectivity index (χ4n) is 2.57. The van der Waals surface area contributed by atoms with Crippen LogP contribution in [0.5, 0.6) is 0 Å². The molecule has 1 aliphatic rings. The van der Waals surface area contributed by atoms with E-state index in [0.717, 1.165) is 6.92 Å². The normalized spacial score (nSPS) is 22.3. The van der Waals surface area contributed by atoms with Gasteiger partial charge in [-0.1, -0.05) is 6.92 Å². The number of halogens is 8. The number of hydrogen-bond acceptors (Lipinski definition) is 2. The highest BCUT2D eigenvalue weighted by molar-refractivity contribution is 5.35. The van der Waals surface area contributed by atoms with Crippen molar-refractivity contribution in [1.29, 1.82) is 0 Å². The molecule has 0 saturated carbocycles. The highest BCUT2D eigenvalue weighted by Gasteiger charge is 2.51. The summed E-state index contributed by atoms with van der Waals surface area (Å²) in [6.07, 6.45) is -14.3. The largest absolute Gasteiger partial charge is 0.435 e. The van der Waals surface area contributed by atoms with Gasteiger partial charge in [0.2, 0.25) is 0 Å². The van der Waals surface area contributed by atoms with E-state index in [9.17, 15) is 40.2 Å². The molecule has 1 N–H and O–H groups in total. The van der Waals surface area contributed by atoms with E-state index in [1.165, 1.54) is 0 Å². The standard InChI is InChI=1S/C13H14F8N2O/c1-6(12(16,17)18)3-5-23-7-2-4-11(14,15)10(24)8(7)9(22-23)13(19,20)21/h6,10,24H,2-5H2,1H3/t6?,10-/m0/s1. The third-order valence-electron chi connectivity index (χ3n) is 4.07. The van der Waals surface area contributed by atoms with E-state index in [0.29, 0.717) is 4.68 Å². The van der Waals surface area contributed by atoms with E-state index in [1.807, 2.05) is 0 Å². The Balaban J connectivity index is 2.38. The van der Waals surface area contributed by atoms with Crippen molar-refractivity contribution in [3.05, 3.63) is 17.0 Å². The second-order valence-electron chi connectivity index (χ2n) is 5.82. The monoisotopic (exact) mass is 366 g/mol. The summed E-state index contributed by atoms with van der Waals surface area (Å²) in [5.41, 5.74) is -3.02. The molecule has 0 saturated heterocycles. The van der Waals surface area contributed by atoms with Crippen molar-refractivity contribution in [3.8, 4) is 0 Å². The molecule has 3 nitrogen and oxygen atoms in total. The SMILES string of the molecule is CC(CCn1nc(C(F)(F)F)c2c1CCC(F)(F)[C@H]2O)C(F)(F)F. The quantitative estimate of drug-likeness (QED) is 0.818. The molecule has 1 aliphatic carbocycles. The first-order valence-corrected chi connectivity index (χ1v) is 7.04. The van der Waals surface area contributed by atoms with Gasteiger partial charge in [-0.05, 0) is 12.8 Å². The molecule has 2 atom stereocenters. The minimum atomic E-state index is -5.10. The minimum Gasteiger partial charge on any atom is -0.382 e. The van der Waals surface area contributed by atoms with Crippen LogP contribution in [0.2, 0.25) is 0 Å². The molecule has 1 aromatic rings. The van der Waals surface area contributed by atoms with Gasteiger partial charge in [-0.2, -0.15) is 31.4 Å². The molecule has 24 heavy (non-hydrogen) atoms. The van der Waals surface area contributed by atoms with Gasteiger partial charge in [0.1, 0.15) is 6.10 Å². The van der Waals surface area contributed by atoms with E-state index in [4.69, 9.17) is 0 Å². The predicted molar refractivity (Wildman–Crippen MR) is 65.3 cm³/mol. The van der Waals surface area contributed by atoms with Gasteiger partial charge in [-0.15, -0.1) is 0 Å². The molecule has 1 heterocycles. The number of hydrogen-bond donors (Lipinski definition) is 1. The van der Waals surface area contributed by atoms with Gasteiger partial charge in [-0.3, -0.25) is 4.68 Å². The summed E-state index contributed by atoms with van der Waals surface area (Å²) in [4.78, 5) is 0. The van der Waals surface area contributed by atoms with Crippen molar-refractivity contribution in [3.63, 3.8) is 0 Å². The first-order valence-electron chi connectivity index (χ1n) is 7.04. The summed E-state index contributed by atoms with van der Waals surface area (Å²) in [5.74, 6) is -5.54. The first kappa shape index (κ1) is 18.9. The maximum absolute atomic E-state index is 13.5. The predicted octanol–water partition coefficient (Wildman–Crippen LogP) is 4.11. The lowest BCUT2D eigenvalue weighted by atomic mass is 9.89. The number of aromatic nitrogens is 2. The number of fused-ring (bicyclic) bond motifs is 1. The minimum absolute atomic E-state index is 0.296. The van der Waals surface area contributed by atoms with Crippen LogP contribution in [0.4, 0.5) is 35.1 Å². The van der Waals surface area contributed by atoms with E-state index < -0.39 is 67.4 Å². The molecule has 0 aromatic carbocycles. The zero-order chi connectivity index (χ0) is 18.5. The fraction of sp³-hybridized carbons (Fsp3) is 0.769. The molecule has 0 fully saturated rings. The number of aryl methyl sites for hydroxylation is 1. The highest BCUT2D eigenvalue weighted by Crippen LogP contribution is 2.46. The summed E-state index contributed by atoms with van der Waals surface area (Å²) in [7, 11) is 0. The third kappa shape index (κ3) is 3.50. The average molecular weight is 366 g/mol. The average Bonchev–Trinajstić information content (AvgIpc) is 2.78. The summed E-state index contributed by atoms with van der Waals surface area (Å²) in [5, 5.41) is 12.7. The maximum Gasteiger partial charge on any atom is 0.435 e. The molecular formula is C13H14F8N2O. The van der Waals surface area contributed by atoms with Crippen molar-refractivity contribution in [1.82, 2.24) is 9.78 Å². The number of nitrogens with zero attached hydrogens (tertiary/aromatic N) is 2. The molecule has 0 bridgehead atoms. The van der Waals surface area contributed by atoms with E-state index >= 15 is 0 Å². The summed E-state index contributed by atoms with van der Waals surface area (Å²) < 4.78 is 104. The molecule has 1 aromatic heterocycles. The van der Waals surface area contributed by atoms with Gasteiger partial charge in [-0.25, -0.2) is 8.78 Å². The lowest BCUT2D eigenvalue weighted by Crippen LogP contribution is -2.33. The zero-order valence-electron chi connectivity index (χ0n) is 12.3. The Kier molecular flexibility index (Phi) is 4.62. The van der Waals surface area contributed by atoms with Crippen LogP contribution >= 0.6 is 0 Å². The topological polar surface area (TPSA) is 38.0 Å². The van der Waals surface area contributed by atoms with E-state index in [1.54, 1.807) is 0 Å². The Hall–Kier alpha value is -1.39. The fourth-order valence-corrected chi connectivity index (χ4v) is 2.57. The van der Waals surface area contributed by atoms with Crippen molar-refractivity contribution < 1.29 is 40.2 Å². The van der Waals surface area contributed by atoms with Crippen LogP contribution in [0.1, 0.15) is 42.8 Å². The molecule has 138 valence electrons. The Morgan fingerprint density at radius 2 is 1.83 bits per heavy atom. The Morgan fingerprint density at radius 3 is 2.33 bits per heavy atom. The third-order valence-corrected chi connectivity index (χ3v) is 4.07. The van der Waals surface area contributed by atoms with Crippen molar-refractivity contribution in [2.75, 3.05) is 0 Å². The lowest BCUT2D eigenvalue weighted by molar-refractivity contribution is -0.172. The second kappa shape index (κ2) is 5.85. The molecule has 0 radical (unpaired) electrons. The molecule has 1 unspecified atom stereocenters. The smallest absolute Gasteiger partial charge is 0.382 e. The summed E-state index contributed by atoms with van der Waals surface area (Å²) in [6, 6.07) is 0. The molecule has 0 spiro atoms. The van der Waals surface area contributed by atoms with Crippen molar-refractivity contribution >= 4 is 0 Å². The number of aliphatic hydroxyl groups is 1. The van der Waals surface area contributed by atoms with Crippen LogP contribution < -0.4 is 0 Å². The van der Waals surface area contributed by atoms with Gasteiger partial charge in [0.25, 0.3) is 5.92 Å². The molecule has 0 amide bonds. The van der Waals surface area contributed by atoms with Gasteiger partial charge < -0.3 is 5.11 Å². The molecule has 11 heteroatoms. The van der Waals surface area contributed by atoms with E-state index in [-0.39, 0.29) is 5.69 Å². The molecule has 0 aliphatic heterocycles.